The summed E-state index contributed by atoms with van der Waals surface area (Å²) >= 11 is 1.08. The van der Waals surface area contributed by atoms with Crippen LogP contribution in [-0.2, 0) is 4.79 Å². The molecule has 0 aliphatic carbocycles. The first kappa shape index (κ1) is 11.2. The molecule has 14 heavy (non-hydrogen) atoms. The zero-order valence-corrected chi connectivity index (χ0v) is 8.70. The summed E-state index contributed by atoms with van der Waals surface area (Å²) < 4.78 is 25.4. The molecule has 1 rings (SSSR count). The van der Waals surface area contributed by atoms with E-state index in [1.807, 2.05) is 0 Å². The van der Waals surface area contributed by atoms with Gasteiger partial charge in [-0.2, -0.15) is 0 Å². The van der Waals surface area contributed by atoms with E-state index >= 15 is 0 Å². The summed E-state index contributed by atoms with van der Waals surface area (Å²) in [5.41, 5.74) is 0.503. The summed E-state index contributed by atoms with van der Waals surface area (Å²) in [5, 5.41) is -0.0593. The van der Waals surface area contributed by atoms with E-state index in [9.17, 15) is 13.6 Å². The molecule has 0 aliphatic heterocycles. The average Bonchev–Trinajstić information content (AvgIpc) is 2.20. The molecule has 0 spiro atoms. The van der Waals surface area contributed by atoms with Gasteiger partial charge in [-0.1, -0.05) is 24.8 Å². The Bertz CT molecular complexity index is 352. The Morgan fingerprint density at radius 1 is 1.36 bits per heavy atom. The van der Waals surface area contributed by atoms with Gasteiger partial charge in [0.2, 0.25) is 0 Å². The van der Waals surface area contributed by atoms with Crippen LogP contribution in [0.25, 0.3) is 0 Å². The van der Waals surface area contributed by atoms with Crippen LogP contribution in [0.4, 0.5) is 8.78 Å². The molecule has 0 fully saturated rings. The molecule has 0 bridgehead atoms. The number of rotatable bonds is 2. The number of hydrogen-bond donors (Lipinski definition) is 0. The number of carbonyl (C=O) groups excluding carboxylic acids is 1. The normalized spacial score (nSPS) is 12.6. The molecule has 76 valence electrons. The average molecular weight is 216 g/mol. The van der Waals surface area contributed by atoms with Crippen molar-refractivity contribution in [3.05, 3.63) is 35.4 Å². The molecule has 1 atom stereocenters. The van der Waals surface area contributed by atoms with Gasteiger partial charge >= 0.3 is 0 Å². The fourth-order valence-electron chi connectivity index (χ4n) is 1.09. The van der Waals surface area contributed by atoms with Crippen LogP contribution in [0.5, 0.6) is 0 Å². The fraction of sp³-hybridized carbons (Fsp3) is 0.300. The second kappa shape index (κ2) is 4.55. The van der Waals surface area contributed by atoms with Gasteiger partial charge in [-0.3, -0.25) is 4.79 Å². The predicted octanol–water partition coefficient (Wildman–Crippen LogP) is 2.96. The van der Waals surface area contributed by atoms with Crippen molar-refractivity contribution in [1.82, 2.24) is 0 Å². The number of thioether (sulfide) groups is 1. The van der Waals surface area contributed by atoms with E-state index < -0.39 is 17.6 Å². The third kappa shape index (κ3) is 2.32. The van der Waals surface area contributed by atoms with E-state index in [4.69, 9.17) is 0 Å². The number of benzene rings is 1. The molecular weight excluding hydrogens is 206 g/mol. The highest BCUT2D eigenvalue weighted by atomic mass is 32.2. The molecule has 1 unspecified atom stereocenters. The van der Waals surface area contributed by atoms with Gasteiger partial charge in [-0.25, -0.2) is 8.78 Å². The standard InChI is InChI=1S/C10H10F2OS/c1-6(10(13)14-2)7-3-4-8(11)9(12)5-7/h3-6H,1-2H3. The number of hydrogen-bond acceptors (Lipinski definition) is 2. The first-order valence-electron chi connectivity index (χ1n) is 4.09. The first-order chi connectivity index (χ1) is 6.56. The zero-order chi connectivity index (χ0) is 10.7. The van der Waals surface area contributed by atoms with Crippen LogP contribution in [0.15, 0.2) is 18.2 Å². The molecule has 4 heteroatoms. The smallest absolute Gasteiger partial charge is 0.195 e. The Morgan fingerprint density at radius 2 is 2.00 bits per heavy atom. The second-order valence-electron chi connectivity index (χ2n) is 2.92. The summed E-state index contributed by atoms with van der Waals surface area (Å²) in [4.78, 5) is 11.3. The van der Waals surface area contributed by atoms with Gasteiger partial charge in [-0.05, 0) is 24.0 Å². The molecule has 1 aromatic rings. The van der Waals surface area contributed by atoms with Gasteiger partial charge in [0, 0.05) is 0 Å². The lowest BCUT2D eigenvalue weighted by molar-refractivity contribution is -0.111. The van der Waals surface area contributed by atoms with Crippen molar-refractivity contribution in [2.45, 2.75) is 12.8 Å². The lowest BCUT2D eigenvalue weighted by Crippen LogP contribution is -2.05. The van der Waals surface area contributed by atoms with E-state index in [0.717, 1.165) is 23.9 Å². The molecule has 0 saturated carbocycles. The number of carbonyl (C=O) groups is 1. The van der Waals surface area contributed by atoms with Crippen LogP contribution < -0.4 is 0 Å². The highest BCUT2D eigenvalue weighted by molar-refractivity contribution is 8.13. The third-order valence-corrected chi connectivity index (χ3v) is 2.75. The van der Waals surface area contributed by atoms with Crippen molar-refractivity contribution in [3.63, 3.8) is 0 Å². The Kier molecular flexibility index (Phi) is 3.63. The lowest BCUT2D eigenvalue weighted by Gasteiger charge is -2.08. The van der Waals surface area contributed by atoms with Crippen molar-refractivity contribution < 1.29 is 13.6 Å². The van der Waals surface area contributed by atoms with E-state index in [0.29, 0.717) is 5.56 Å². The summed E-state index contributed by atoms with van der Waals surface area (Å²) in [6.45, 7) is 1.67. The fourth-order valence-corrected chi connectivity index (χ4v) is 1.58. The molecule has 1 nitrogen and oxygen atoms in total. The molecule has 0 N–H and O–H groups in total. The Labute approximate surface area is 85.5 Å². The molecule has 0 saturated heterocycles. The van der Waals surface area contributed by atoms with Gasteiger partial charge in [0.25, 0.3) is 0 Å². The van der Waals surface area contributed by atoms with Crippen LogP contribution in [-0.4, -0.2) is 11.4 Å². The van der Waals surface area contributed by atoms with E-state index in [2.05, 4.69) is 0 Å². The minimum absolute atomic E-state index is 0.0593. The second-order valence-corrected chi connectivity index (χ2v) is 3.73. The van der Waals surface area contributed by atoms with E-state index in [1.165, 1.54) is 6.07 Å². The van der Waals surface area contributed by atoms with Gasteiger partial charge in [0.1, 0.15) is 0 Å². The molecule has 0 heterocycles. The summed E-state index contributed by atoms with van der Waals surface area (Å²) in [5.74, 6) is -2.21. The Morgan fingerprint density at radius 3 is 2.50 bits per heavy atom. The maximum Gasteiger partial charge on any atom is 0.195 e. The van der Waals surface area contributed by atoms with Crippen LogP contribution in [0.3, 0.4) is 0 Å². The molecule has 0 amide bonds. The van der Waals surface area contributed by atoms with Gasteiger partial charge in [-0.15, -0.1) is 0 Å². The van der Waals surface area contributed by atoms with Crippen LogP contribution in [0.2, 0.25) is 0 Å². The van der Waals surface area contributed by atoms with E-state index in [-0.39, 0.29) is 5.12 Å². The van der Waals surface area contributed by atoms with Gasteiger partial charge in [0.05, 0.1) is 5.92 Å². The predicted molar refractivity (Wildman–Crippen MR) is 53.3 cm³/mol. The van der Waals surface area contributed by atoms with E-state index in [1.54, 1.807) is 13.2 Å². The summed E-state index contributed by atoms with van der Waals surface area (Å²) in [6.07, 6.45) is 1.67. The Hall–Kier alpha value is -0.900. The maximum atomic E-state index is 12.8. The molecular formula is C10H10F2OS. The quantitative estimate of drug-likeness (QED) is 0.756. The van der Waals surface area contributed by atoms with Gasteiger partial charge in [0.15, 0.2) is 16.7 Å². The Balaban J connectivity index is 2.96. The van der Waals surface area contributed by atoms with Crippen LogP contribution in [0.1, 0.15) is 18.4 Å². The van der Waals surface area contributed by atoms with Crippen LogP contribution in [0, 0.1) is 11.6 Å². The maximum absolute atomic E-state index is 12.8. The van der Waals surface area contributed by atoms with Crippen molar-refractivity contribution in [3.8, 4) is 0 Å². The highest BCUT2D eigenvalue weighted by Crippen LogP contribution is 2.22. The third-order valence-electron chi connectivity index (χ3n) is 2.00. The van der Waals surface area contributed by atoms with Crippen molar-refractivity contribution in [1.29, 1.82) is 0 Å². The van der Waals surface area contributed by atoms with Crippen molar-refractivity contribution in [2.24, 2.45) is 0 Å². The molecule has 0 aliphatic rings. The SMILES string of the molecule is CSC(=O)C(C)c1ccc(F)c(F)c1. The minimum atomic E-state index is -0.914. The monoisotopic (exact) mass is 216 g/mol. The topological polar surface area (TPSA) is 17.1 Å². The minimum Gasteiger partial charge on any atom is -0.287 e. The van der Waals surface area contributed by atoms with Gasteiger partial charge < -0.3 is 0 Å². The molecule has 0 radical (unpaired) electrons. The zero-order valence-electron chi connectivity index (χ0n) is 7.88. The van der Waals surface area contributed by atoms with Crippen LogP contribution >= 0.6 is 11.8 Å². The first-order valence-corrected chi connectivity index (χ1v) is 5.31. The summed E-state index contributed by atoms with van der Waals surface area (Å²) in [6, 6.07) is 3.53. The molecule has 1 aromatic carbocycles. The van der Waals surface area contributed by atoms with Crippen molar-refractivity contribution >= 4 is 16.9 Å². The lowest BCUT2D eigenvalue weighted by atomic mass is 10.0. The molecule has 0 aromatic heterocycles. The summed E-state index contributed by atoms with van der Waals surface area (Å²) in [7, 11) is 0. The highest BCUT2D eigenvalue weighted by Gasteiger charge is 2.15. The van der Waals surface area contributed by atoms with Crippen molar-refractivity contribution in [2.75, 3.05) is 6.26 Å². The number of halogens is 2. The largest absolute Gasteiger partial charge is 0.287 e.